The van der Waals surface area contributed by atoms with E-state index in [4.69, 9.17) is 9.73 Å². The normalized spacial score (nSPS) is 18.5. The van der Waals surface area contributed by atoms with Gasteiger partial charge < -0.3 is 35.7 Å². The number of alkyl carbamates (subject to hydrolysis) is 1. The number of benzene rings is 3. The number of unbranched alkanes of at least 4 members (excludes halogenated alkanes) is 13. The number of amides is 3. The van der Waals surface area contributed by atoms with Crippen molar-refractivity contribution in [1.82, 2.24) is 21.4 Å². The monoisotopic (exact) mass is 1150 g/mol. The first-order chi connectivity index (χ1) is 40.2. The summed E-state index contributed by atoms with van der Waals surface area (Å²) in [5.41, 5.74) is 13.0. The number of hydrazone groups is 1. The van der Waals surface area contributed by atoms with E-state index in [1.807, 2.05) is 56.5 Å². The smallest absolute Gasteiger partial charge is 0.407 e. The van der Waals surface area contributed by atoms with Crippen molar-refractivity contribution < 1.29 is 34.1 Å². The summed E-state index contributed by atoms with van der Waals surface area (Å²) in [6.07, 6.45) is 33.3. The van der Waals surface area contributed by atoms with Crippen LogP contribution < -0.4 is 31.7 Å². The highest BCUT2D eigenvalue weighted by Crippen LogP contribution is 2.43. The zero-order valence-electron chi connectivity index (χ0n) is 50.5. The Bertz CT molecular complexity index is 2930. The van der Waals surface area contributed by atoms with Gasteiger partial charge in [-0.1, -0.05) is 170 Å². The highest BCUT2D eigenvalue weighted by molar-refractivity contribution is 6.98. The number of carbonyl (C=O) groups excluding carboxylic acids is 4. The molecule has 13 nitrogen and oxygen atoms in total. The van der Waals surface area contributed by atoms with Crippen LogP contribution in [0.3, 0.4) is 0 Å². The Kier molecular flexibility index (Phi) is 25.0. The van der Waals surface area contributed by atoms with Crippen molar-refractivity contribution in [1.29, 1.82) is 0 Å². The molecular weight excluding hydrogens is 1050 g/mol. The maximum atomic E-state index is 13.9. The second-order valence-electron chi connectivity index (χ2n) is 23.6. The molecule has 14 heteroatoms. The second kappa shape index (κ2) is 32.4. The number of aryl methyl sites for hydroxylation is 1. The van der Waals surface area contributed by atoms with Crippen molar-refractivity contribution in [2.45, 2.75) is 207 Å². The summed E-state index contributed by atoms with van der Waals surface area (Å²) in [5.74, 6) is -1.59. The standard InChI is InChI=1S/C69H94N6O7Si/c1-7-10-11-12-13-14-15-16-17-18-19-20-22-28-61(76)60(8-2)74-64(77)29-23-21-24-42-71-69(81)82-54-26-25-27-55-52(35-38-54)47-73-75-66(55)50-33-31-49(32-34-50)46-72-67(78)51-36-40-56(68(79)80)59(44-51)65-57-39-30-48(4)43-62(57)83(5,6)63-45-53(70-9-3)37-41-58(63)65/h22,28,30-34,36-37,39-41,43-45,47,52,54,60-61,75-76H,7-21,23-27,29,35,38,42,46H2,1-6H3,(H,71,81)(H,72,78)(H,74,77)(H,79,80)/p-1/b28-22+,70-53?/t52?,54?,60-,61+/m0/s1. The zero-order valence-corrected chi connectivity index (χ0v) is 51.5. The summed E-state index contributed by atoms with van der Waals surface area (Å²) >= 11 is 0. The van der Waals surface area contributed by atoms with Gasteiger partial charge in [0.05, 0.1) is 29.5 Å². The first kappa shape index (κ1) is 63.9. The number of aliphatic hydroxyl groups excluding tert-OH is 1. The zero-order chi connectivity index (χ0) is 59.1. The number of allylic oxidation sites excluding steroid dienone is 7. The number of nitrogens with zero attached hydrogens (tertiary/aromatic N) is 2. The van der Waals surface area contributed by atoms with Crippen LogP contribution in [0.2, 0.25) is 13.1 Å². The maximum absolute atomic E-state index is 13.9. The van der Waals surface area contributed by atoms with E-state index in [2.05, 4.69) is 89.8 Å². The number of hydrogen-bond acceptors (Lipinski definition) is 10. The first-order valence-electron chi connectivity index (χ1n) is 31.4. The minimum absolute atomic E-state index is 0.0254. The minimum Gasteiger partial charge on any atom is -0.545 e. The lowest BCUT2D eigenvalue weighted by Gasteiger charge is -2.38. The Morgan fingerprint density at radius 2 is 1.58 bits per heavy atom. The van der Waals surface area contributed by atoms with Crippen molar-refractivity contribution in [3.05, 3.63) is 146 Å². The quantitative estimate of drug-likeness (QED) is 0.0247. The van der Waals surface area contributed by atoms with E-state index in [-0.39, 0.29) is 42.0 Å². The van der Waals surface area contributed by atoms with Gasteiger partial charge in [0.15, 0.2) is 0 Å². The molecule has 446 valence electrons. The summed E-state index contributed by atoms with van der Waals surface area (Å²) < 4.78 is 5.92. The lowest BCUT2D eigenvalue weighted by atomic mass is 9.83. The SMILES string of the molecule is CCCCCCCCCCCCC/C=C/[C@@H](O)[C@H](CC)NC(=O)CCCCCNC(=O)OC1CCCC2=C(c3ccc(CNC(=O)c4ccc(C(=O)[O-])c(C5=C6C=CC(=NCC)C=C6[Si](C)(C)c6cc(C)ccc65)c4)cc3)NN=CC2CC1. The van der Waals surface area contributed by atoms with Gasteiger partial charge in [-0.2, -0.15) is 5.10 Å². The second-order valence-corrected chi connectivity index (χ2v) is 28.0. The van der Waals surface area contributed by atoms with Gasteiger partial charge in [0.25, 0.3) is 5.91 Å². The van der Waals surface area contributed by atoms with E-state index in [0.717, 1.165) is 96.2 Å². The molecule has 1 saturated carbocycles. The van der Waals surface area contributed by atoms with Crippen LogP contribution >= 0.6 is 0 Å². The number of nitrogens with one attached hydrogen (secondary N) is 4. The third-order valence-corrected chi connectivity index (χ3v) is 20.5. The van der Waals surface area contributed by atoms with Gasteiger partial charge in [0, 0.05) is 49.3 Å². The number of aliphatic imine (C=N–C) groups is 1. The molecule has 5 N–H and O–H groups in total. The molecule has 2 heterocycles. The predicted molar refractivity (Wildman–Crippen MR) is 338 cm³/mol. The number of carboxylic acid groups (broad SMARTS) is 1. The highest BCUT2D eigenvalue weighted by Gasteiger charge is 2.40. The lowest BCUT2D eigenvalue weighted by Crippen LogP contribution is -2.49. The fraction of sp³-hybridized carbons (Fsp3) is 0.507. The molecule has 0 saturated heterocycles. The van der Waals surface area contributed by atoms with Gasteiger partial charge in [-0.05, 0) is 152 Å². The third kappa shape index (κ3) is 18.2. The van der Waals surface area contributed by atoms with E-state index in [9.17, 15) is 29.4 Å². The lowest BCUT2D eigenvalue weighted by molar-refractivity contribution is -0.255. The fourth-order valence-electron chi connectivity index (χ4n) is 12.1. The maximum Gasteiger partial charge on any atom is 0.407 e. The third-order valence-electron chi connectivity index (χ3n) is 17.0. The van der Waals surface area contributed by atoms with Crippen LogP contribution in [0, 0.1) is 12.8 Å². The molecule has 0 radical (unpaired) electrons. The van der Waals surface area contributed by atoms with E-state index in [1.165, 1.54) is 86.2 Å². The molecule has 0 bridgehead atoms. The first-order valence-corrected chi connectivity index (χ1v) is 34.4. The summed E-state index contributed by atoms with van der Waals surface area (Å²) in [5, 5.41) is 39.4. The van der Waals surface area contributed by atoms with Gasteiger partial charge in [0.2, 0.25) is 5.91 Å². The summed E-state index contributed by atoms with van der Waals surface area (Å²) in [6, 6.07) is 18.9. The molecule has 4 aliphatic rings. The highest BCUT2D eigenvalue weighted by atomic mass is 28.3. The minimum atomic E-state index is -2.25. The Morgan fingerprint density at radius 1 is 0.843 bits per heavy atom. The molecule has 3 amide bonds. The number of hydrogen-bond donors (Lipinski definition) is 5. The predicted octanol–water partition coefficient (Wildman–Crippen LogP) is 12.6. The number of rotatable bonds is 30. The number of aliphatic hydroxyl groups is 1. The number of carboxylic acids is 1. The van der Waals surface area contributed by atoms with Crippen LogP contribution in [0.25, 0.3) is 11.3 Å². The topological polar surface area (TPSA) is 194 Å². The van der Waals surface area contributed by atoms with Gasteiger partial charge in [-0.25, -0.2) is 4.79 Å². The Labute approximate surface area is 495 Å². The summed E-state index contributed by atoms with van der Waals surface area (Å²) in [7, 11) is -2.25. The number of fused-ring (bicyclic) bond motifs is 3. The molecule has 3 aromatic rings. The van der Waals surface area contributed by atoms with Crippen molar-refractivity contribution in [3.63, 3.8) is 0 Å². The van der Waals surface area contributed by atoms with Gasteiger partial charge >= 0.3 is 6.09 Å². The average Bonchev–Trinajstić information content (AvgIpc) is 1.48. The summed E-state index contributed by atoms with van der Waals surface area (Å²) in [6.45, 7) is 14.4. The molecule has 0 spiro atoms. The molecule has 7 rings (SSSR count). The molecule has 0 aromatic heterocycles. The van der Waals surface area contributed by atoms with Gasteiger partial charge in [-0.3, -0.25) is 20.0 Å². The van der Waals surface area contributed by atoms with Gasteiger partial charge in [-0.15, -0.1) is 0 Å². The van der Waals surface area contributed by atoms with E-state index >= 15 is 0 Å². The Hall–Kier alpha value is -6.64. The molecule has 1 fully saturated rings. The van der Waals surface area contributed by atoms with Gasteiger partial charge in [0.1, 0.15) is 14.2 Å². The van der Waals surface area contributed by atoms with Crippen molar-refractivity contribution in [2.75, 3.05) is 13.1 Å². The van der Waals surface area contributed by atoms with Crippen LogP contribution in [0.4, 0.5) is 4.79 Å². The van der Waals surface area contributed by atoms with Crippen LogP contribution in [0.5, 0.6) is 0 Å². The molecule has 83 heavy (non-hydrogen) atoms. The van der Waals surface area contributed by atoms with Crippen LogP contribution in [-0.2, 0) is 16.1 Å². The van der Waals surface area contributed by atoms with Crippen LogP contribution in [0.15, 0.2) is 117 Å². The molecule has 3 aromatic carbocycles. The van der Waals surface area contributed by atoms with E-state index < -0.39 is 26.2 Å². The fourth-order valence-corrected chi connectivity index (χ4v) is 15.3. The Morgan fingerprint density at radius 3 is 2.30 bits per heavy atom. The number of ether oxygens (including phenoxy) is 1. The number of carbonyl (C=O) groups is 4. The largest absolute Gasteiger partial charge is 0.545 e. The summed E-state index contributed by atoms with van der Waals surface area (Å²) in [4.78, 5) is 57.1. The number of aromatic carboxylic acids is 1. The molecule has 2 aliphatic heterocycles. The van der Waals surface area contributed by atoms with E-state index in [1.54, 1.807) is 12.1 Å². The van der Waals surface area contributed by atoms with Crippen LogP contribution in [0.1, 0.15) is 211 Å². The van der Waals surface area contributed by atoms with E-state index in [0.29, 0.717) is 49.9 Å². The molecular formula is C69H93N6O7Si-. The van der Waals surface area contributed by atoms with Crippen molar-refractivity contribution in [3.8, 4) is 0 Å². The average molecular weight is 1150 g/mol. The Balaban J connectivity index is 0.831. The molecule has 4 atom stereocenters. The van der Waals surface area contributed by atoms with Crippen LogP contribution in [-0.4, -0.2) is 80.3 Å². The molecule has 2 unspecified atom stereocenters. The van der Waals surface area contributed by atoms with Crippen molar-refractivity contribution >= 4 is 60.3 Å². The van der Waals surface area contributed by atoms with Crippen molar-refractivity contribution in [2.24, 2.45) is 16.0 Å². The molecule has 2 aliphatic carbocycles.